The van der Waals surface area contributed by atoms with Crippen LogP contribution in [-0.2, 0) is 0 Å². The van der Waals surface area contributed by atoms with Gasteiger partial charge in [0, 0.05) is 16.8 Å². The van der Waals surface area contributed by atoms with Gasteiger partial charge in [0.15, 0.2) is 17.3 Å². The Morgan fingerprint density at radius 1 is 1.07 bits per heavy atom. The summed E-state index contributed by atoms with van der Waals surface area (Å²) in [7, 11) is 1.50. The largest absolute Gasteiger partial charge is 0.493 e. The van der Waals surface area contributed by atoms with Gasteiger partial charge in [-0.1, -0.05) is 13.8 Å². The van der Waals surface area contributed by atoms with Gasteiger partial charge >= 0.3 is 0 Å². The lowest BCUT2D eigenvalue weighted by Gasteiger charge is -2.13. The fraction of sp³-hybridized carbons (Fsp3) is 0.409. The maximum absolute atomic E-state index is 12.4. The first kappa shape index (κ1) is 23.0. The Labute approximate surface area is 176 Å². The molecule has 0 aliphatic heterocycles. The number of methoxy groups -OCH3 is 1. The topological polar surface area (TPSA) is 110 Å². The highest BCUT2D eigenvalue weighted by atomic mass is 16.5. The first-order chi connectivity index (χ1) is 14.1. The lowest BCUT2D eigenvalue weighted by atomic mass is 10.1. The zero-order valence-electron chi connectivity index (χ0n) is 18.3. The minimum atomic E-state index is -0.544. The fourth-order valence-corrected chi connectivity index (χ4v) is 3.09. The molecule has 0 bridgehead atoms. The molecule has 2 amide bonds. The van der Waals surface area contributed by atoms with Crippen LogP contribution in [0.25, 0.3) is 0 Å². The molecule has 30 heavy (non-hydrogen) atoms. The van der Waals surface area contributed by atoms with Crippen molar-refractivity contribution in [3.63, 3.8) is 0 Å². The number of H-pyrrole nitrogens is 1. The van der Waals surface area contributed by atoms with E-state index in [1.54, 1.807) is 32.0 Å². The minimum Gasteiger partial charge on any atom is -0.493 e. The second-order valence-corrected chi connectivity index (χ2v) is 7.49. The van der Waals surface area contributed by atoms with E-state index in [1.165, 1.54) is 14.0 Å². The Bertz CT molecular complexity index is 946. The van der Waals surface area contributed by atoms with Crippen molar-refractivity contribution in [2.45, 2.75) is 41.0 Å². The van der Waals surface area contributed by atoms with Gasteiger partial charge in [-0.2, -0.15) is 0 Å². The molecular formula is C22H29N3O5. The first-order valence-corrected chi connectivity index (χ1v) is 9.77. The summed E-state index contributed by atoms with van der Waals surface area (Å²) in [6.45, 7) is 9.61. The van der Waals surface area contributed by atoms with E-state index >= 15 is 0 Å². The Morgan fingerprint density at radius 2 is 1.73 bits per heavy atom. The molecule has 0 aliphatic carbocycles. The number of carbonyl (C=O) groups is 3. The van der Waals surface area contributed by atoms with E-state index in [-0.39, 0.29) is 11.5 Å². The van der Waals surface area contributed by atoms with E-state index in [9.17, 15) is 14.4 Å². The molecule has 0 spiro atoms. The SMILES string of the molecule is COc1cc(C(=O)NNC(=O)c2[nH]c(C)c(C(C)=O)c2C)ccc1OCCC(C)C. The normalized spacial score (nSPS) is 10.6. The van der Waals surface area contributed by atoms with Crippen molar-refractivity contribution in [1.29, 1.82) is 0 Å². The minimum absolute atomic E-state index is 0.132. The van der Waals surface area contributed by atoms with Crippen LogP contribution in [0.5, 0.6) is 11.5 Å². The molecule has 1 aromatic carbocycles. The van der Waals surface area contributed by atoms with E-state index in [4.69, 9.17) is 9.47 Å². The van der Waals surface area contributed by atoms with Crippen molar-refractivity contribution < 1.29 is 23.9 Å². The predicted molar refractivity (Wildman–Crippen MR) is 113 cm³/mol. The van der Waals surface area contributed by atoms with Crippen LogP contribution >= 0.6 is 0 Å². The number of aromatic nitrogens is 1. The molecule has 8 nitrogen and oxygen atoms in total. The van der Waals surface area contributed by atoms with Crippen molar-refractivity contribution in [2.24, 2.45) is 5.92 Å². The van der Waals surface area contributed by atoms with Crippen molar-refractivity contribution in [2.75, 3.05) is 13.7 Å². The average Bonchev–Trinajstić information content (AvgIpc) is 2.99. The number of hydrazine groups is 1. The number of benzene rings is 1. The number of hydrogen-bond donors (Lipinski definition) is 3. The van der Waals surface area contributed by atoms with E-state index in [2.05, 4.69) is 29.7 Å². The van der Waals surface area contributed by atoms with E-state index < -0.39 is 11.8 Å². The Kier molecular flexibility index (Phi) is 7.63. The zero-order chi connectivity index (χ0) is 22.4. The Balaban J connectivity index is 2.05. The second kappa shape index (κ2) is 9.96. The third-order valence-corrected chi connectivity index (χ3v) is 4.68. The molecule has 1 heterocycles. The molecule has 0 saturated carbocycles. The number of aromatic amines is 1. The number of rotatable bonds is 8. The van der Waals surface area contributed by atoms with Crippen LogP contribution in [0.1, 0.15) is 69.7 Å². The summed E-state index contributed by atoms with van der Waals surface area (Å²) < 4.78 is 11.0. The summed E-state index contributed by atoms with van der Waals surface area (Å²) in [6.07, 6.45) is 0.903. The van der Waals surface area contributed by atoms with Gasteiger partial charge in [-0.05, 0) is 56.9 Å². The Hall–Kier alpha value is -3.29. The van der Waals surface area contributed by atoms with E-state index in [0.29, 0.717) is 46.4 Å². The van der Waals surface area contributed by atoms with Gasteiger partial charge in [0.1, 0.15) is 5.69 Å². The van der Waals surface area contributed by atoms with Gasteiger partial charge in [-0.15, -0.1) is 0 Å². The van der Waals surface area contributed by atoms with Gasteiger partial charge in [-0.3, -0.25) is 25.2 Å². The summed E-state index contributed by atoms with van der Waals surface area (Å²) in [5, 5.41) is 0. The highest BCUT2D eigenvalue weighted by Gasteiger charge is 2.20. The maximum Gasteiger partial charge on any atom is 0.286 e. The van der Waals surface area contributed by atoms with Gasteiger partial charge in [0.05, 0.1) is 13.7 Å². The van der Waals surface area contributed by atoms with E-state index in [1.807, 2.05) is 0 Å². The molecule has 162 valence electrons. The number of hydrogen-bond acceptors (Lipinski definition) is 5. The number of carbonyl (C=O) groups excluding carboxylic acids is 3. The van der Waals surface area contributed by atoms with Crippen molar-refractivity contribution in [3.05, 3.63) is 46.3 Å². The quantitative estimate of drug-likeness (QED) is 0.452. The third kappa shape index (κ3) is 5.40. The Morgan fingerprint density at radius 3 is 2.30 bits per heavy atom. The van der Waals surface area contributed by atoms with Crippen molar-refractivity contribution in [1.82, 2.24) is 15.8 Å². The molecule has 0 radical (unpaired) electrons. The van der Waals surface area contributed by atoms with Gasteiger partial charge in [-0.25, -0.2) is 0 Å². The van der Waals surface area contributed by atoms with Gasteiger partial charge in [0.25, 0.3) is 11.8 Å². The molecule has 0 aliphatic rings. The van der Waals surface area contributed by atoms with Crippen molar-refractivity contribution in [3.8, 4) is 11.5 Å². The summed E-state index contributed by atoms with van der Waals surface area (Å²) >= 11 is 0. The molecule has 1 aromatic heterocycles. The van der Waals surface area contributed by atoms with Crippen LogP contribution < -0.4 is 20.3 Å². The van der Waals surface area contributed by atoms with Crippen LogP contribution in [-0.4, -0.2) is 36.3 Å². The fourth-order valence-electron chi connectivity index (χ4n) is 3.09. The number of Topliss-reactive ketones (excluding diaryl/α,β-unsaturated/α-hetero) is 1. The smallest absolute Gasteiger partial charge is 0.286 e. The monoisotopic (exact) mass is 415 g/mol. The highest BCUT2D eigenvalue weighted by Crippen LogP contribution is 2.28. The van der Waals surface area contributed by atoms with Crippen LogP contribution in [0.2, 0.25) is 0 Å². The second-order valence-electron chi connectivity index (χ2n) is 7.49. The zero-order valence-corrected chi connectivity index (χ0v) is 18.3. The van der Waals surface area contributed by atoms with Gasteiger partial charge in [0.2, 0.25) is 0 Å². The number of ether oxygens (including phenoxy) is 2. The summed E-state index contributed by atoms with van der Waals surface area (Å²) in [5.74, 6) is 0.309. The summed E-state index contributed by atoms with van der Waals surface area (Å²) in [5.41, 5.74) is 6.88. The van der Waals surface area contributed by atoms with Crippen LogP contribution in [0, 0.1) is 19.8 Å². The molecule has 8 heteroatoms. The maximum atomic E-state index is 12.4. The molecule has 0 atom stereocenters. The van der Waals surface area contributed by atoms with Crippen molar-refractivity contribution >= 4 is 17.6 Å². The number of aryl methyl sites for hydroxylation is 1. The number of amides is 2. The van der Waals surface area contributed by atoms with Crippen LogP contribution in [0.4, 0.5) is 0 Å². The number of ketones is 1. The molecule has 2 aromatic rings. The third-order valence-electron chi connectivity index (χ3n) is 4.68. The molecule has 0 fully saturated rings. The molecule has 0 unspecified atom stereocenters. The average molecular weight is 415 g/mol. The molecular weight excluding hydrogens is 386 g/mol. The molecule has 0 saturated heterocycles. The first-order valence-electron chi connectivity index (χ1n) is 9.77. The lowest BCUT2D eigenvalue weighted by molar-refractivity contribution is 0.0843. The number of nitrogens with one attached hydrogen (secondary N) is 3. The van der Waals surface area contributed by atoms with Crippen LogP contribution in [0.3, 0.4) is 0 Å². The van der Waals surface area contributed by atoms with E-state index in [0.717, 1.165) is 6.42 Å². The van der Waals surface area contributed by atoms with Crippen LogP contribution in [0.15, 0.2) is 18.2 Å². The van der Waals surface area contributed by atoms with Gasteiger partial charge < -0.3 is 14.5 Å². The standard InChI is InChI=1S/C22H29N3O5/c1-12(2)9-10-30-17-8-7-16(11-18(17)29-6)21(27)24-25-22(28)20-13(3)19(15(5)26)14(4)23-20/h7-8,11-12,23H,9-10H2,1-6H3,(H,24,27)(H,25,28). The molecule has 2 rings (SSSR count). The summed E-state index contributed by atoms with van der Waals surface area (Å²) in [6, 6.07) is 4.80. The highest BCUT2D eigenvalue weighted by molar-refractivity contribution is 6.03. The predicted octanol–water partition coefficient (Wildman–Crippen LogP) is 3.34. The summed E-state index contributed by atoms with van der Waals surface area (Å²) in [4.78, 5) is 39.5. The lowest BCUT2D eigenvalue weighted by Crippen LogP contribution is -2.42. The molecule has 3 N–H and O–H groups in total.